The topological polar surface area (TPSA) is 32.3 Å². The molecule has 3 nitrogen and oxygen atoms in total. The van der Waals surface area contributed by atoms with Crippen molar-refractivity contribution < 1.29 is 4.21 Å². The molecule has 0 unspecified atom stereocenters. The van der Waals surface area contributed by atoms with E-state index in [2.05, 4.69) is 37.9 Å². The number of hydrogen-bond acceptors (Lipinski definition) is 3. The SMILES string of the molecule is CCC(CC)(CNCC(C)C)CN1CCS(=O)CC1. The lowest BCUT2D eigenvalue weighted by molar-refractivity contribution is 0.141. The molecule has 1 rings (SSSR count). The van der Waals surface area contributed by atoms with Crippen LogP contribution in [-0.2, 0) is 10.8 Å². The quantitative estimate of drug-likeness (QED) is 0.742. The summed E-state index contributed by atoms with van der Waals surface area (Å²) in [5, 5.41) is 3.64. The van der Waals surface area contributed by atoms with Crippen LogP contribution >= 0.6 is 0 Å². The summed E-state index contributed by atoms with van der Waals surface area (Å²) in [5.74, 6) is 2.44. The largest absolute Gasteiger partial charge is 0.316 e. The van der Waals surface area contributed by atoms with Crippen molar-refractivity contribution in [3.05, 3.63) is 0 Å². The number of rotatable bonds is 8. The van der Waals surface area contributed by atoms with Crippen LogP contribution < -0.4 is 5.32 Å². The maximum absolute atomic E-state index is 11.4. The van der Waals surface area contributed by atoms with Crippen LogP contribution in [0.4, 0.5) is 0 Å². The van der Waals surface area contributed by atoms with Gasteiger partial charge in [0.25, 0.3) is 0 Å². The normalized spacial score (nSPS) is 19.2. The Hall–Kier alpha value is 0.0700. The van der Waals surface area contributed by atoms with Gasteiger partial charge in [-0.3, -0.25) is 4.21 Å². The maximum atomic E-state index is 11.4. The van der Waals surface area contributed by atoms with Crippen LogP contribution in [0.3, 0.4) is 0 Å². The van der Waals surface area contributed by atoms with Gasteiger partial charge in [0.05, 0.1) is 0 Å². The predicted octanol–water partition coefficient (Wildman–Crippen LogP) is 2.10. The number of nitrogens with one attached hydrogen (secondary N) is 1. The molecule has 0 aromatic heterocycles. The van der Waals surface area contributed by atoms with E-state index in [0.29, 0.717) is 11.3 Å². The zero-order valence-corrected chi connectivity index (χ0v) is 14.0. The lowest BCUT2D eigenvalue weighted by atomic mass is 9.81. The van der Waals surface area contributed by atoms with Crippen LogP contribution in [0.25, 0.3) is 0 Å². The molecule has 0 radical (unpaired) electrons. The van der Waals surface area contributed by atoms with Crippen molar-refractivity contribution in [2.24, 2.45) is 11.3 Å². The summed E-state index contributed by atoms with van der Waals surface area (Å²) in [4.78, 5) is 2.52. The molecule has 1 N–H and O–H groups in total. The first-order valence-electron chi connectivity index (χ1n) is 7.79. The second-order valence-electron chi connectivity index (χ2n) is 6.36. The molecule has 1 fully saturated rings. The third-order valence-corrected chi connectivity index (χ3v) is 5.66. The molecule has 0 atom stereocenters. The van der Waals surface area contributed by atoms with Crippen LogP contribution in [0.15, 0.2) is 0 Å². The summed E-state index contributed by atoms with van der Waals surface area (Å²) in [5.41, 5.74) is 0.383. The Balaban J connectivity index is 2.47. The molecule has 1 saturated heterocycles. The van der Waals surface area contributed by atoms with Crippen molar-refractivity contribution in [3.63, 3.8) is 0 Å². The maximum Gasteiger partial charge on any atom is 0.0363 e. The summed E-state index contributed by atoms with van der Waals surface area (Å²) in [6.07, 6.45) is 2.43. The van der Waals surface area contributed by atoms with Gasteiger partial charge in [-0.1, -0.05) is 27.7 Å². The highest BCUT2D eigenvalue weighted by Gasteiger charge is 2.29. The highest BCUT2D eigenvalue weighted by Crippen LogP contribution is 2.27. The zero-order valence-electron chi connectivity index (χ0n) is 13.2. The zero-order chi connectivity index (χ0) is 14.3. The Morgan fingerprint density at radius 2 is 1.79 bits per heavy atom. The Labute approximate surface area is 122 Å². The Morgan fingerprint density at radius 3 is 2.26 bits per heavy atom. The fourth-order valence-corrected chi connectivity index (χ4v) is 3.84. The van der Waals surface area contributed by atoms with E-state index < -0.39 is 10.8 Å². The molecule has 0 amide bonds. The van der Waals surface area contributed by atoms with E-state index >= 15 is 0 Å². The summed E-state index contributed by atoms with van der Waals surface area (Å²) in [7, 11) is -0.562. The van der Waals surface area contributed by atoms with Crippen molar-refractivity contribution in [1.82, 2.24) is 10.2 Å². The molecule has 1 aliphatic rings. The molecule has 114 valence electrons. The van der Waals surface area contributed by atoms with E-state index in [1.807, 2.05) is 0 Å². The van der Waals surface area contributed by atoms with Crippen molar-refractivity contribution in [1.29, 1.82) is 0 Å². The summed E-state index contributed by atoms with van der Waals surface area (Å²) < 4.78 is 11.4. The minimum atomic E-state index is -0.562. The fourth-order valence-electron chi connectivity index (χ4n) is 2.71. The van der Waals surface area contributed by atoms with Gasteiger partial charge in [-0.05, 0) is 30.7 Å². The average Bonchev–Trinajstić information content (AvgIpc) is 2.40. The van der Waals surface area contributed by atoms with Gasteiger partial charge in [0.15, 0.2) is 0 Å². The Kier molecular flexibility index (Phi) is 7.55. The lowest BCUT2D eigenvalue weighted by Crippen LogP contribution is -2.48. The molecule has 0 saturated carbocycles. The van der Waals surface area contributed by atoms with Crippen LogP contribution in [0.5, 0.6) is 0 Å². The highest BCUT2D eigenvalue weighted by molar-refractivity contribution is 7.85. The first-order chi connectivity index (χ1) is 9.01. The molecule has 0 bridgehead atoms. The van der Waals surface area contributed by atoms with Crippen LogP contribution in [0.2, 0.25) is 0 Å². The molecule has 0 spiro atoms. The molecule has 1 aliphatic heterocycles. The predicted molar refractivity (Wildman–Crippen MR) is 85.0 cm³/mol. The van der Waals surface area contributed by atoms with Gasteiger partial charge in [-0.15, -0.1) is 0 Å². The number of nitrogens with zero attached hydrogens (tertiary/aromatic N) is 1. The molecule has 4 heteroatoms. The monoisotopic (exact) mass is 288 g/mol. The van der Waals surface area contributed by atoms with Crippen LogP contribution in [0.1, 0.15) is 40.5 Å². The Bertz CT molecular complexity index is 267. The van der Waals surface area contributed by atoms with Crippen molar-refractivity contribution in [3.8, 4) is 0 Å². The second-order valence-corrected chi connectivity index (χ2v) is 8.05. The Morgan fingerprint density at radius 1 is 1.21 bits per heavy atom. The van der Waals surface area contributed by atoms with E-state index in [1.54, 1.807) is 0 Å². The molecule has 0 aliphatic carbocycles. The smallest absolute Gasteiger partial charge is 0.0363 e. The van der Waals surface area contributed by atoms with Gasteiger partial charge >= 0.3 is 0 Å². The third kappa shape index (κ3) is 5.92. The van der Waals surface area contributed by atoms with Gasteiger partial charge in [0, 0.05) is 48.5 Å². The summed E-state index contributed by atoms with van der Waals surface area (Å²) in [6, 6.07) is 0. The van der Waals surface area contributed by atoms with Gasteiger partial charge in [-0.2, -0.15) is 0 Å². The van der Waals surface area contributed by atoms with E-state index in [0.717, 1.165) is 44.2 Å². The van der Waals surface area contributed by atoms with Crippen molar-refractivity contribution in [2.75, 3.05) is 44.2 Å². The first kappa shape index (κ1) is 17.1. The number of hydrogen-bond donors (Lipinski definition) is 1. The summed E-state index contributed by atoms with van der Waals surface area (Å²) in [6.45, 7) is 14.5. The van der Waals surface area contributed by atoms with E-state index in [4.69, 9.17) is 0 Å². The molecular weight excluding hydrogens is 256 g/mol. The standard InChI is InChI=1S/C15H32N2OS/c1-5-15(6-2,12-16-11-14(3)4)13-17-7-9-19(18)10-8-17/h14,16H,5-13H2,1-4H3. The fraction of sp³-hybridized carbons (Fsp3) is 1.00. The molecule has 1 heterocycles. The van der Waals surface area contributed by atoms with E-state index in [9.17, 15) is 4.21 Å². The van der Waals surface area contributed by atoms with E-state index in [-0.39, 0.29) is 0 Å². The van der Waals surface area contributed by atoms with Gasteiger partial charge in [0.1, 0.15) is 0 Å². The molecular formula is C15H32N2OS. The third-order valence-electron chi connectivity index (χ3n) is 4.38. The van der Waals surface area contributed by atoms with Crippen LogP contribution in [0, 0.1) is 11.3 Å². The van der Waals surface area contributed by atoms with Crippen molar-refractivity contribution in [2.45, 2.75) is 40.5 Å². The summed E-state index contributed by atoms with van der Waals surface area (Å²) >= 11 is 0. The second kappa shape index (κ2) is 8.38. The molecule has 0 aromatic rings. The first-order valence-corrected chi connectivity index (χ1v) is 9.28. The minimum absolute atomic E-state index is 0.383. The van der Waals surface area contributed by atoms with Crippen molar-refractivity contribution >= 4 is 10.8 Å². The lowest BCUT2D eigenvalue weighted by Gasteiger charge is -2.39. The van der Waals surface area contributed by atoms with E-state index in [1.165, 1.54) is 12.8 Å². The highest BCUT2D eigenvalue weighted by atomic mass is 32.2. The van der Waals surface area contributed by atoms with Gasteiger partial charge in [-0.25, -0.2) is 0 Å². The molecule has 0 aromatic carbocycles. The molecule has 19 heavy (non-hydrogen) atoms. The van der Waals surface area contributed by atoms with Gasteiger partial charge in [0.2, 0.25) is 0 Å². The van der Waals surface area contributed by atoms with Gasteiger partial charge < -0.3 is 10.2 Å². The van der Waals surface area contributed by atoms with Crippen LogP contribution in [-0.4, -0.2) is 53.3 Å². The minimum Gasteiger partial charge on any atom is -0.316 e. The average molecular weight is 289 g/mol.